The predicted molar refractivity (Wildman–Crippen MR) is 515 cm³/mol. The second kappa shape index (κ2) is 36.2. The molecule has 4 saturated heterocycles. The zero-order chi connectivity index (χ0) is 96.7. The molecule has 704 valence electrons. The van der Waals surface area contributed by atoms with Gasteiger partial charge < -0.3 is 45.3 Å². The molecular formula is C96H99N25O15S. The Labute approximate surface area is 782 Å². The lowest BCUT2D eigenvalue weighted by atomic mass is 9.97. The Kier molecular flexibility index (Phi) is 24.4. The molecule has 0 unspecified atom stereocenters. The monoisotopic (exact) mass is 1870 g/mol. The second-order valence-electron chi connectivity index (χ2n) is 37.1. The highest BCUT2D eigenvalue weighted by Crippen LogP contribution is 2.41. The fraction of sp³-hybridized carbons (Fsp3) is 0.354. The molecule has 0 atom stereocenters. The molecule has 6 aliphatic rings. The smallest absolute Gasteiger partial charge is 0.329 e. The molecule has 0 radical (unpaired) electrons. The van der Waals surface area contributed by atoms with Crippen molar-refractivity contribution in [1.29, 1.82) is 0 Å². The van der Waals surface area contributed by atoms with Crippen molar-refractivity contribution in [2.24, 2.45) is 12.0 Å². The highest BCUT2D eigenvalue weighted by molar-refractivity contribution is 7.08. The van der Waals surface area contributed by atoms with Crippen LogP contribution in [0.15, 0.2) is 173 Å². The van der Waals surface area contributed by atoms with E-state index in [1.165, 1.54) is 74.0 Å². The fourth-order valence-electron chi connectivity index (χ4n) is 18.8. The molecule has 0 spiro atoms. The summed E-state index contributed by atoms with van der Waals surface area (Å²) in [5.74, 6) is -1.33. The summed E-state index contributed by atoms with van der Waals surface area (Å²) in [5, 5.41) is 59.0. The van der Waals surface area contributed by atoms with Gasteiger partial charge in [0.05, 0.1) is 102 Å². The number of aliphatic hydroxyl groups is 4. The van der Waals surface area contributed by atoms with Crippen molar-refractivity contribution in [3.63, 3.8) is 0 Å². The lowest BCUT2D eigenvalue weighted by Gasteiger charge is -2.42. The Morgan fingerprint density at radius 2 is 0.832 bits per heavy atom. The Bertz CT molecular complexity index is 7810. The van der Waals surface area contributed by atoms with Crippen LogP contribution in [-0.2, 0) is 32.8 Å². The number of rotatable bonds is 12. The molecule has 0 saturated carbocycles. The van der Waals surface area contributed by atoms with Crippen LogP contribution in [0.2, 0.25) is 0 Å². The molecule has 41 heteroatoms. The van der Waals surface area contributed by atoms with Crippen LogP contribution in [0.5, 0.6) is 0 Å². The molecule has 6 amide bonds. The highest BCUT2D eigenvalue weighted by atomic mass is 32.1. The van der Waals surface area contributed by atoms with Crippen LogP contribution < -0.4 is 44.0 Å². The van der Waals surface area contributed by atoms with Gasteiger partial charge in [0, 0.05) is 166 Å². The second-order valence-corrected chi connectivity index (χ2v) is 37.9. The highest BCUT2D eigenvalue weighted by Gasteiger charge is 2.42. The average molecular weight is 1880 g/mol. The first kappa shape index (κ1) is 92.3. The summed E-state index contributed by atoms with van der Waals surface area (Å²) in [5.41, 5.74) is 7.29. The van der Waals surface area contributed by atoms with Crippen molar-refractivity contribution in [3.8, 4) is 45.0 Å². The van der Waals surface area contributed by atoms with Crippen molar-refractivity contribution in [2.75, 3.05) is 57.3 Å². The zero-order valence-corrected chi connectivity index (χ0v) is 77.3. The minimum absolute atomic E-state index is 0.125. The number of pyridine rings is 8. The van der Waals surface area contributed by atoms with Crippen LogP contribution in [0.3, 0.4) is 0 Å². The van der Waals surface area contributed by atoms with Gasteiger partial charge in [0.25, 0.3) is 40.3 Å². The number of benzene rings is 1. The maximum absolute atomic E-state index is 13.2. The standard InChI is InChI=1S/C27H26N6O4.C24H25N5O3S.C23H25N7O4.C22H23N7O4/c1-27(2,37)25(35)32-9-7-18(8-10-32)33-23-19(24(34)31-26(33)36)14-29-21-6-5-20(30-22(21)23)15-3-4-16-12-28-13-17(16)11-15;1-14-17-12-25-19-5-4-18(15-8-11-33-13-15)27-20(19)21(17)29(23(31)26-14)16-6-9-28(10-7-16)22(30)24(2,3)32;1-23(2,34)21(32)29-8-6-14(7-9-29)30-19-15(20(31)27-22(30)33)11-24-17-5-4-16(26-18(17)19)13-10-25-28(3)12-13;1-22(2,33)20(31)28-7-5-13(6-8-28)29-18-14(19(30)27-21(29)32)11-23-16-4-3-15(26-17(16)18)12-9-24-25-10-12/h3-6,11,13-14,18,37H,7-10,12H2,1-2H3,(H,31,34,36);4-5,8,11-13,16,32H,1,6-7,9-10H2,2-3H3,(H,26,31);4-5,10-12,14,34H,6-9H2,1-3H3,(H,27,31,33);3-4,9-11,13,33H,5-8H2,1-2H3,(H,24,25)(H,27,30,32). The van der Waals surface area contributed by atoms with Crippen LogP contribution in [0.1, 0.15) is 142 Å². The molecular weight excluding hydrogens is 1780 g/mol. The number of carbonyl (C=O) groups excluding carboxylic acids is 5. The van der Waals surface area contributed by atoms with Gasteiger partial charge in [0.1, 0.15) is 44.5 Å². The van der Waals surface area contributed by atoms with Gasteiger partial charge in [-0.3, -0.25) is 102 Å². The van der Waals surface area contributed by atoms with Crippen LogP contribution in [0.4, 0.5) is 10.5 Å². The number of hydrogen-bond donors (Lipinski definition) is 9. The number of H-pyrrole nitrogens is 4. The molecule has 20 heterocycles. The normalized spacial score (nSPS) is 16.0. The third-order valence-corrected chi connectivity index (χ3v) is 26.4. The number of nitrogens with zero attached hydrogens (tertiary/aromatic N) is 20. The van der Waals surface area contributed by atoms with E-state index in [0.29, 0.717) is 199 Å². The van der Waals surface area contributed by atoms with E-state index < -0.39 is 56.2 Å². The third kappa shape index (κ3) is 18.1. The first-order valence-corrected chi connectivity index (χ1v) is 45.9. The quantitative estimate of drug-likeness (QED) is 0.0528. The summed E-state index contributed by atoms with van der Waals surface area (Å²) in [6.07, 6.45) is 19.0. The SMILES string of the molecule is C=C1NC(=O)N(C2CCN(C(=O)C(C)(C)O)CC2)c2c1cnc1ccc(-c3ccsc3)nc21.CC(C)(O)C(=O)N1CCC(n2c(=O)[nH]c(=O)c3cnc4ccc(-c5ccc6c(c5)C=NC6)nc4c32)CC1.CC(C)(O)C(=O)N1CCC(n2c(=O)[nH]c(=O)c3cnc4ccc(-c5cn[nH]c5)nc4c32)CC1.Cn1cc(-c2ccc3ncc4c(=O)[nH]c(=O)n(C5CCN(C(=O)C(C)(C)O)CC5)c4c3n2)cn1. The number of amides is 6. The van der Waals surface area contributed by atoms with Crippen LogP contribution >= 0.6 is 11.3 Å². The number of likely N-dealkylation sites (tertiary alicyclic amines) is 4. The van der Waals surface area contributed by atoms with Gasteiger partial charge in [-0.2, -0.15) is 21.5 Å². The number of aryl methyl sites for hydroxylation is 1. The number of aromatic nitrogens is 18. The molecule has 15 aromatic rings. The van der Waals surface area contributed by atoms with Gasteiger partial charge in [0.15, 0.2) is 0 Å². The molecule has 6 aliphatic heterocycles. The van der Waals surface area contributed by atoms with E-state index in [1.54, 1.807) is 85.1 Å². The number of piperidine rings is 4. The van der Waals surface area contributed by atoms with Crippen molar-refractivity contribution < 1.29 is 44.4 Å². The number of nitrogens with one attached hydrogen (secondary N) is 5. The average Bonchev–Trinajstić information content (AvgIpc) is 1.66. The Balaban J connectivity index is 0.000000122. The maximum atomic E-state index is 13.2. The number of anilines is 1. The summed E-state index contributed by atoms with van der Waals surface area (Å²) in [6, 6.07) is 21.8. The molecule has 1 aromatic carbocycles. The fourth-order valence-corrected chi connectivity index (χ4v) is 19.4. The first-order chi connectivity index (χ1) is 65.3. The number of hydrogen-bond acceptors (Lipinski definition) is 27. The van der Waals surface area contributed by atoms with Gasteiger partial charge in [-0.25, -0.2) is 39.1 Å². The maximum Gasteiger partial charge on any atom is 0.329 e. The molecule has 21 rings (SSSR count). The first-order valence-electron chi connectivity index (χ1n) is 44.9. The number of fused-ring (bicyclic) bond motifs is 13. The number of urea groups is 1. The molecule has 14 aromatic heterocycles. The lowest BCUT2D eigenvalue weighted by Crippen LogP contribution is -2.55. The van der Waals surface area contributed by atoms with Crippen LogP contribution in [-0.4, -0.2) is 245 Å². The summed E-state index contributed by atoms with van der Waals surface area (Å²) in [7, 11) is 1.81. The predicted octanol–water partition coefficient (Wildman–Crippen LogP) is 7.71. The number of thiophene rings is 1. The molecule has 0 bridgehead atoms. The van der Waals surface area contributed by atoms with Crippen molar-refractivity contribution in [2.45, 2.75) is 160 Å². The molecule has 0 aliphatic carbocycles. The summed E-state index contributed by atoms with van der Waals surface area (Å²) >= 11 is 1.60. The van der Waals surface area contributed by atoms with Gasteiger partial charge in [-0.1, -0.05) is 18.7 Å². The minimum atomic E-state index is -1.46. The van der Waals surface area contributed by atoms with Crippen molar-refractivity contribution in [1.82, 2.24) is 113 Å². The van der Waals surface area contributed by atoms with E-state index in [2.05, 4.69) is 67.1 Å². The molecule has 137 heavy (non-hydrogen) atoms. The zero-order valence-electron chi connectivity index (χ0n) is 76.4. The van der Waals surface area contributed by atoms with E-state index in [1.807, 2.05) is 96.9 Å². The van der Waals surface area contributed by atoms with E-state index in [9.17, 15) is 73.2 Å². The van der Waals surface area contributed by atoms with Crippen molar-refractivity contribution >= 4 is 135 Å². The van der Waals surface area contributed by atoms with E-state index in [0.717, 1.165) is 44.6 Å². The van der Waals surface area contributed by atoms with Crippen molar-refractivity contribution in [3.05, 3.63) is 219 Å². The minimum Gasteiger partial charge on any atom is -0.381 e. The van der Waals surface area contributed by atoms with Gasteiger partial charge in [-0.15, -0.1) is 0 Å². The van der Waals surface area contributed by atoms with Gasteiger partial charge >= 0.3 is 23.1 Å². The van der Waals surface area contributed by atoms with Gasteiger partial charge in [0.2, 0.25) is 0 Å². The molecule has 9 N–H and O–H groups in total. The lowest BCUT2D eigenvalue weighted by molar-refractivity contribution is -0.149. The van der Waals surface area contributed by atoms with E-state index >= 15 is 0 Å². The van der Waals surface area contributed by atoms with Crippen LogP contribution in [0, 0.1) is 0 Å². The molecule has 4 fully saturated rings. The summed E-state index contributed by atoms with van der Waals surface area (Å²) in [6.45, 7) is 19.7. The topological polar surface area (TPSA) is 521 Å². The number of aliphatic imine (C=N–C) groups is 1. The van der Waals surface area contributed by atoms with Crippen LogP contribution in [0.25, 0.3) is 128 Å². The Hall–Kier alpha value is -15.2. The third-order valence-electron chi connectivity index (χ3n) is 25.7. The Morgan fingerprint density at radius 1 is 0.445 bits per heavy atom. The molecule has 40 nitrogen and oxygen atoms in total. The van der Waals surface area contributed by atoms with E-state index in [4.69, 9.17) is 19.9 Å². The summed E-state index contributed by atoms with van der Waals surface area (Å²) < 4.78 is 6.41. The number of carbonyl (C=O) groups is 5. The van der Waals surface area contributed by atoms with E-state index in [-0.39, 0.29) is 70.0 Å². The van der Waals surface area contributed by atoms with Gasteiger partial charge in [-0.05, 0) is 184 Å². The Morgan fingerprint density at radius 3 is 1.22 bits per heavy atom. The summed E-state index contributed by atoms with van der Waals surface area (Å²) in [4.78, 5) is 197. The largest absolute Gasteiger partial charge is 0.381 e. The number of aromatic amines is 4.